The van der Waals surface area contributed by atoms with Gasteiger partial charge in [0, 0.05) is 23.5 Å². The number of nitrogens with zero attached hydrogens (tertiary/aromatic N) is 3. The molecule has 0 amide bonds. The van der Waals surface area contributed by atoms with Crippen LogP contribution < -0.4 is 0 Å². The Morgan fingerprint density at radius 1 is 0.818 bits per heavy atom. The first-order chi connectivity index (χ1) is 10.8. The SMILES string of the molecule is Brc1cnc2nc(-c3ccccc3)c(-c3ccccc3)n2c1. The second-order valence-corrected chi connectivity index (χ2v) is 5.90. The third kappa shape index (κ3) is 2.22. The molecule has 0 aliphatic rings. The third-order valence-electron chi connectivity index (χ3n) is 3.54. The lowest BCUT2D eigenvalue weighted by Gasteiger charge is -2.05. The predicted molar refractivity (Wildman–Crippen MR) is 91.6 cm³/mol. The van der Waals surface area contributed by atoms with Gasteiger partial charge < -0.3 is 0 Å². The monoisotopic (exact) mass is 349 g/mol. The first kappa shape index (κ1) is 13.2. The molecule has 22 heavy (non-hydrogen) atoms. The summed E-state index contributed by atoms with van der Waals surface area (Å²) >= 11 is 3.49. The van der Waals surface area contributed by atoms with E-state index < -0.39 is 0 Å². The van der Waals surface area contributed by atoms with Crippen LogP contribution in [0.1, 0.15) is 0 Å². The summed E-state index contributed by atoms with van der Waals surface area (Å²) < 4.78 is 2.95. The number of aromatic nitrogens is 3. The minimum absolute atomic E-state index is 0.695. The van der Waals surface area contributed by atoms with Crippen LogP contribution in [0.25, 0.3) is 28.3 Å². The van der Waals surface area contributed by atoms with Gasteiger partial charge in [0.1, 0.15) is 0 Å². The highest BCUT2D eigenvalue weighted by atomic mass is 79.9. The maximum absolute atomic E-state index is 4.73. The second-order valence-electron chi connectivity index (χ2n) is 4.98. The molecule has 0 atom stereocenters. The van der Waals surface area contributed by atoms with E-state index in [9.17, 15) is 0 Å². The van der Waals surface area contributed by atoms with Crippen molar-refractivity contribution in [3.63, 3.8) is 0 Å². The van der Waals surface area contributed by atoms with Gasteiger partial charge in [-0.3, -0.25) is 4.40 Å². The van der Waals surface area contributed by atoms with E-state index in [1.54, 1.807) is 6.20 Å². The summed E-state index contributed by atoms with van der Waals surface area (Å²) in [6.07, 6.45) is 3.77. The zero-order valence-corrected chi connectivity index (χ0v) is 13.2. The molecule has 2 heterocycles. The molecule has 2 aromatic carbocycles. The minimum Gasteiger partial charge on any atom is -0.282 e. The summed E-state index contributed by atoms with van der Waals surface area (Å²) in [5.41, 5.74) is 4.20. The Labute approximate surface area is 136 Å². The van der Waals surface area contributed by atoms with E-state index in [1.807, 2.05) is 47.0 Å². The van der Waals surface area contributed by atoms with Gasteiger partial charge in [-0.1, -0.05) is 60.7 Å². The predicted octanol–water partition coefficient (Wildman–Crippen LogP) is 4.83. The molecule has 0 aliphatic carbocycles. The van der Waals surface area contributed by atoms with Crippen LogP contribution in [0, 0.1) is 0 Å². The van der Waals surface area contributed by atoms with Crippen LogP contribution in [0.3, 0.4) is 0 Å². The first-order valence-corrected chi connectivity index (χ1v) is 7.77. The van der Waals surface area contributed by atoms with Crippen LogP contribution in [-0.4, -0.2) is 14.4 Å². The first-order valence-electron chi connectivity index (χ1n) is 6.97. The standard InChI is InChI=1S/C18H12BrN3/c19-15-11-20-18-21-16(13-7-3-1-4-8-13)17(22(18)12-15)14-9-5-2-6-10-14/h1-12H. The maximum atomic E-state index is 4.73. The van der Waals surface area contributed by atoms with E-state index in [4.69, 9.17) is 4.98 Å². The van der Waals surface area contributed by atoms with Crippen molar-refractivity contribution < 1.29 is 0 Å². The Bertz CT molecular complexity index is 931. The minimum atomic E-state index is 0.695. The van der Waals surface area contributed by atoms with Crippen molar-refractivity contribution in [1.29, 1.82) is 0 Å². The number of halogens is 1. The van der Waals surface area contributed by atoms with E-state index in [0.29, 0.717) is 5.78 Å². The van der Waals surface area contributed by atoms with Gasteiger partial charge in [-0.15, -0.1) is 0 Å². The fourth-order valence-corrected chi connectivity index (χ4v) is 2.89. The van der Waals surface area contributed by atoms with E-state index in [0.717, 1.165) is 27.0 Å². The van der Waals surface area contributed by atoms with Gasteiger partial charge in [0.25, 0.3) is 0 Å². The Balaban J connectivity index is 2.08. The average Bonchev–Trinajstić information content (AvgIpc) is 2.95. The molecule has 0 N–H and O–H groups in total. The van der Waals surface area contributed by atoms with Gasteiger partial charge in [0.2, 0.25) is 5.78 Å². The molecule has 0 fully saturated rings. The van der Waals surface area contributed by atoms with Crippen LogP contribution in [0.4, 0.5) is 0 Å². The largest absolute Gasteiger partial charge is 0.282 e. The highest BCUT2D eigenvalue weighted by molar-refractivity contribution is 9.10. The van der Waals surface area contributed by atoms with Gasteiger partial charge in [-0.25, -0.2) is 9.97 Å². The van der Waals surface area contributed by atoms with Crippen molar-refractivity contribution in [3.05, 3.63) is 77.5 Å². The Kier molecular flexibility index (Phi) is 3.24. The van der Waals surface area contributed by atoms with E-state index in [1.165, 1.54) is 0 Å². The number of benzene rings is 2. The lowest BCUT2D eigenvalue weighted by atomic mass is 10.1. The normalized spacial score (nSPS) is 11.0. The summed E-state index contributed by atoms with van der Waals surface area (Å²) in [7, 11) is 0. The van der Waals surface area contributed by atoms with Gasteiger partial charge in [-0.05, 0) is 15.9 Å². The molecule has 0 spiro atoms. The number of imidazole rings is 1. The maximum Gasteiger partial charge on any atom is 0.234 e. The quantitative estimate of drug-likeness (QED) is 0.519. The molecule has 0 bridgehead atoms. The summed E-state index contributed by atoms with van der Waals surface area (Å²) in [5.74, 6) is 0.695. The molecular weight excluding hydrogens is 338 g/mol. The van der Waals surface area contributed by atoms with Gasteiger partial charge in [-0.2, -0.15) is 0 Å². The van der Waals surface area contributed by atoms with Crippen molar-refractivity contribution in [3.8, 4) is 22.5 Å². The summed E-state index contributed by atoms with van der Waals surface area (Å²) in [6.45, 7) is 0. The molecule has 0 saturated heterocycles. The van der Waals surface area contributed by atoms with Crippen LogP contribution in [0.2, 0.25) is 0 Å². The van der Waals surface area contributed by atoms with Crippen LogP contribution in [0.15, 0.2) is 77.5 Å². The number of hydrogen-bond donors (Lipinski definition) is 0. The summed E-state index contributed by atoms with van der Waals surface area (Å²) in [4.78, 5) is 9.15. The van der Waals surface area contributed by atoms with Crippen LogP contribution >= 0.6 is 15.9 Å². The Morgan fingerprint density at radius 3 is 2.14 bits per heavy atom. The van der Waals surface area contributed by atoms with Gasteiger partial charge >= 0.3 is 0 Å². The van der Waals surface area contributed by atoms with Gasteiger partial charge in [0.15, 0.2) is 0 Å². The van der Waals surface area contributed by atoms with E-state index in [-0.39, 0.29) is 0 Å². The summed E-state index contributed by atoms with van der Waals surface area (Å²) in [5, 5.41) is 0. The Hall–Kier alpha value is -2.46. The molecule has 106 valence electrons. The average molecular weight is 350 g/mol. The molecule has 4 rings (SSSR count). The summed E-state index contributed by atoms with van der Waals surface area (Å²) in [6, 6.07) is 20.5. The molecule has 0 unspecified atom stereocenters. The van der Waals surface area contributed by atoms with Crippen molar-refractivity contribution in [2.75, 3.05) is 0 Å². The van der Waals surface area contributed by atoms with Crippen LogP contribution in [0.5, 0.6) is 0 Å². The fraction of sp³-hybridized carbons (Fsp3) is 0. The smallest absolute Gasteiger partial charge is 0.234 e. The topological polar surface area (TPSA) is 30.2 Å². The highest BCUT2D eigenvalue weighted by Crippen LogP contribution is 2.32. The van der Waals surface area contributed by atoms with Crippen molar-refractivity contribution in [1.82, 2.24) is 14.4 Å². The van der Waals surface area contributed by atoms with Crippen molar-refractivity contribution >= 4 is 21.7 Å². The highest BCUT2D eigenvalue weighted by Gasteiger charge is 2.16. The lowest BCUT2D eigenvalue weighted by molar-refractivity contribution is 1.10. The molecule has 3 nitrogen and oxygen atoms in total. The molecule has 0 radical (unpaired) electrons. The number of rotatable bonds is 2. The molecule has 0 aliphatic heterocycles. The van der Waals surface area contributed by atoms with Crippen molar-refractivity contribution in [2.24, 2.45) is 0 Å². The Morgan fingerprint density at radius 2 is 1.45 bits per heavy atom. The fourth-order valence-electron chi connectivity index (χ4n) is 2.58. The molecular formula is C18H12BrN3. The molecule has 2 aromatic heterocycles. The second kappa shape index (κ2) is 5.39. The number of fused-ring (bicyclic) bond motifs is 1. The molecule has 0 saturated carbocycles. The van der Waals surface area contributed by atoms with Gasteiger partial charge in [0.05, 0.1) is 15.9 Å². The van der Waals surface area contributed by atoms with E-state index >= 15 is 0 Å². The molecule has 4 aromatic rings. The lowest BCUT2D eigenvalue weighted by Crippen LogP contribution is -1.91. The third-order valence-corrected chi connectivity index (χ3v) is 3.95. The zero-order chi connectivity index (χ0) is 14.9. The zero-order valence-electron chi connectivity index (χ0n) is 11.6. The number of hydrogen-bond acceptors (Lipinski definition) is 2. The van der Waals surface area contributed by atoms with E-state index in [2.05, 4.69) is 45.2 Å². The van der Waals surface area contributed by atoms with Crippen molar-refractivity contribution in [2.45, 2.75) is 0 Å². The molecule has 4 heteroatoms. The van der Waals surface area contributed by atoms with Crippen LogP contribution in [-0.2, 0) is 0 Å².